The first-order valence-electron chi connectivity index (χ1n) is 9.28. The number of nitrogens with zero attached hydrogens (tertiary/aromatic N) is 3. The number of anilines is 1. The van der Waals surface area contributed by atoms with Crippen LogP contribution >= 0.6 is 22.9 Å². The fraction of sp³-hybridized carbons (Fsp3) is 0.350. The summed E-state index contributed by atoms with van der Waals surface area (Å²) in [7, 11) is 1.55. The Balaban J connectivity index is 1.66. The van der Waals surface area contributed by atoms with Crippen LogP contribution in [0.2, 0.25) is 4.34 Å². The molecule has 2 heterocycles. The van der Waals surface area contributed by atoms with Crippen molar-refractivity contribution in [3.05, 3.63) is 57.0 Å². The molecule has 1 aliphatic carbocycles. The molecule has 1 saturated carbocycles. The Morgan fingerprint density at radius 1 is 1.29 bits per heavy atom. The number of aromatic nitrogens is 3. The standard InChI is InChI=1S/C20H21ClN4O2S/c1-27-16-9-5-4-8-15(16)19(26)25-20(22-12-14-10-11-17(21)28-14)23-18(24-25)13-6-2-3-7-13/h4-5,8-11,13H,2-3,6-7,12H2,1H3,(H,22,23,24). The SMILES string of the molecule is COc1ccccc1C(=O)n1nc(C2CCCC2)nc1NCc1ccc(Cl)s1. The number of thiophene rings is 1. The number of benzene rings is 1. The molecule has 3 aromatic rings. The molecule has 0 atom stereocenters. The number of hydrogen-bond donors (Lipinski definition) is 1. The summed E-state index contributed by atoms with van der Waals surface area (Å²) in [6.45, 7) is 0.527. The zero-order valence-electron chi connectivity index (χ0n) is 15.5. The van der Waals surface area contributed by atoms with Crippen LogP contribution in [-0.2, 0) is 6.54 Å². The topological polar surface area (TPSA) is 69.0 Å². The van der Waals surface area contributed by atoms with Gasteiger partial charge in [0.05, 0.1) is 23.6 Å². The maximum absolute atomic E-state index is 13.2. The number of hydrogen-bond acceptors (Lipinski definition) is 6. The predicted octanol–water partition coefficient (Wildman–Crippen LogP) is 4.96. The van der Waals surface area contributed by atoms with Gasteiger partial charge in [-0.1, -0.05) is 36.6 Å². The summed E-state index contributed by atoms with van der Waals surface area (Å²) in [5, 5.41) is 7.83. The van der Waals surface area contributed by atoms with Gasteiger partial charge >= 0.3 is 0 Å². The minimum absolute atomic E-state index is 0.263. The van der Waals surface area contributed by atoms with Crippen LogP contribution in [-0.4, -0.2) is 27.8 Å². The molecule has 8 heteroatoms. The number of halogens is 1. The normalized spacial score (nSPS) is 14.4. The van der Waals surface area contributed by atoms with Crippen molar-refractivity contribution in [2.45, 2.75) is 38.1 Å². The van der Waals surface area contributed by atoms with Crippen molar-refractivity contribution in [3.63, 3.8) is 0 Å². The Morgan fingerprint density at radius 3 is 2.79 bits per heavy atom. The molecule has 0 aliphatic heterocycles. The molecule has 6 nitrogen and oxygen atoms in total. The van der Waals surface area contributed by atoms with Gasteiger partial charge in [-0.15, -0.1) is 16.4 Å². The minimum atomic E-state index is -0.263. The van der Waals surface area contributed by atoms with Gasteiger partial charge in [0.25, 0.3) is 5.91 Å². The second-order valence-electron chi connectivity index (χ2n) is 6.75. The summed E-state index contributed by atoms with van der Waals surface area (Å²) < 4.78 is 7.44. The van der Waals surface area contributed by atoms with E-state index in [-0.39, 0.29) is 5.91 Å². The van der Waals surface area contributed by atoms with E-state index in [1.54, 1.807) is 19.2 Å². The van der Waals surface area contributed by atoms with Gasteiger partial charge in [-0.05, 0) is 37.1 Å². The highest BCUT2D eigenvalue weighted by molar-refractivity contribution is 7.16. The molecule has 0 radical (unpaired) electrons. The van der Waals surface area contributed by atoms with E-state index in [0.29, 0.717) is 29.7 Å². The monoisotopic (exact) mass is 416 g/mol. The molecular weight excluding hydrogens is 396 g/mol. The Hall–Kier alpha value is -2.38. The lowest BCUT2D eigenvalue weighted by atomic mass is 10.1. The first kappa shape index (κ1) is 19.0. The van der Waals surface area contributed by atoms with Crippen molar-refractivity contribution in [2.75, 3.05) is 12.4 Å². The third kappa shape index (κ3) is 3.91. The van der Waals surface area contributed by atoms with E-state index >= 15 is 0 Å². The van der Waals surface area contributed by atoms with Crippen molar-refractivity contribution in [3.8, 4) is 5.75 Å². The molecule has 4 rings (SSSR count). The van der Waals surface area contributed by atoms with Crippen molar-refractivity contribution < 1.29 is 9.53 Å². The molecule has 0 saturated heterocycles. The third-order valence-corrected chi connectivity index (χ3v) is 6.15. The van der Waals surface area contributed by atoms with Crippen LogP contribution in [0.4, 0.5) is 5.95 Å². The molecule has 1 N–H and O–H groups in total. The molecule has 1 fully saturated rings. The molecule has 1 aliphatic rings. The van der Waals surface area contributed by atoms with Crippen LogP contribution in [0.5, 0.6) is 5.75 Å². The summed E-state index contributed by atoms with van der Waals surface area (Å²) in [6, 6.07) is 11.0. The summed E-state index contributed by atoms with van der Waals surface area (Å²) in [5.74, 6) is 1.74. The summed E-state index contributed by atoms with van der Waals surface area (Å²) in [4.78, 5) is 18.9. The molecule has 1 aromatic carbocycles. The quantitative estimate of drug-likeness (QED) is 0.615. The number of ether oxygens (including phenoxy) is 1. The molecule has 2 aromatic heterocycles. The van der Waals surface area contributed by atoms with E-state index in [9.17, 15) is 4.79 Å². The Bertz CT molecular complexity index is 978. The van der Waals surface area contributed by atoms with Crippen molar-refractivity contribution in [1.82, 2.24) is 14.8 Å². The summed E-state index contributed by atoms with van der Waals surface area (Å²) >= 11 is 7.51. The zero-order chi connectivity index (χ0) is 19.5. The number of carbonyl (C=O) groups excluding carboxylic acids is 1. The maximum Gasteiger partial charge on any atom is 0.285 e. The van der Waals surface area contributed by atoms with Crippen LogP contribution in [0.1, 0.15) is 52.7 Å². The van der Waals surface area contributed by atoms with Gasteiger partial charge in [-0.3, -0.25) is 4.79 Å². The van der Waals surface area contributed by atoms with Crippen LogP contribution in [0.3, 0.4) is 0 Å². The second kappa shape index (κ2) is 8.32. The fourth-order valence-corrected chi connectivity index (χ4v) is 4.52. The number of nitrogens with one attached hydrogen (secondary N) is 1. The Morgan fingerprint density at radius 2 is 2.07 bits per heavy atom. The van der Waals surface area contributed by atoms with E-state index in [1.807, 2.05) is 24.3 Å². The van der Waals surface area contributed by atoms with Crippen molar-refractivity contribution >= 4 is 34.8 Å². The van der Waals surface area contributed by atoms with Gasteiger partial charge in [0.2, 0.25) is 5.95 Å². The predicted molar refractivity (Wildman–Crippen MR) is 111 cm³/mol. The van der Waals surface area contributed by atoms with E-state index in [0.717, 1.165) is 27.9 Å². The lowest BCUT2D eigenvalue weighted by Gasteiger charge is -2.09. The van der Waals surface area contributed by atoms with E-state index in [4.69, 9.17) is 16.3 Å². The highest BCUT2D eigenvalue weighted by atomic mass is 35.5. The number of rotatable bonds is 6. The second-order valence-corrected chi connectivity index (χ2v) is 8.55. The van der Waals surface area contributed by atoms with Gasteiger partial charge in [0.15, 0.2) is 5.82 Å². The van der Waals surface area contributed by atoms with Gasteiger partial charge in [0.1, 0.15) is 5.75 Å². The van der Waals surface area contributed by atoms with Gasteiger partial charge in [-0.25, -0.2) is 0 Å². The lowest BCUT2D eigenvalue weighted by molar-refractivity contribution is 0.0943. The minimum Gasteiger partial charge on any atom is -0.496 e. The van der Waals surface area contributed by atoms with Crippen molar-refractivity contribution in [2.24, 2.45) is 0 Å². The van der Waals surface area contributed by atoms with E-state index in [2.05, 4.69) is 15.4 Å². The van der Waals surface area contributed by atoms with E-state index in [1.165, 1.54) is 28.9 Å². The van der Waals surface area contributed by atoms with Crippen molar-refractivity contribution in [1.29, 1.82) is 0 Å². The van der Waals surface area contributed by atoms with Crippen LogP contribution in [0.25, 0.3) is 0 Å². The Kier molecular flexibility index (Phi) is 5.64. The highest BCUT2D eigenvalue weighted by Gasteiger charge is 2.26. The smallest absolute Gasteiger partial charge is 0.285 e. The molecule has 0 spiro atoms. The van der Waals surface area contributed by atoms with Crippen LogP contribution in [0, 0.1) is 0 Å². The Labute approximate surface area is 172 Å². The summed E-state index contributed by atoms with van der Waals surface area (Å²) in [6.07, 6.45) is 4.48. The summed E-state index contributed by atoms with van der Waals surface area (Å²) in [5.41, 5.74) is 0.454. The van der Waals surface area contributed by atoms with Crippen LogP contribution in [0.15, 0.2) is 36.4 Å². The van der Waals surface area contributed by atoms with E-state index < -0.39 is 0 Å². The molecule has 146 valence electrons. The largest absolute Gasteiger partial charge is 0.496 e. The molecular formula is C20H21ClN4O2S. The molecule has 28 heavy (non-hydrogen) atoms. The van der Waals surface area contributed by atoms with Crippen LogP contribution < -0.4 is 10.1 Å². The fourth-order valence-electron chi connectivity index (χ4n) is 3.49. The number of carbonyl (C=O) groups is 1. The molecule has 0 unspecified atom stereocenters. The lowest BCUT2D eigenvalue weighted by Crippen LogP contribution is -2.18. The highest BCUT2D eigenvalue weighted by Crippen LogP contribution is 2.33. The zero-order valence-corrected chi connectivity index (χ0v) is 17.1. The van der Waals surface area contributed by atoms with Gasteiger partial charge in [-0.2, -0.15) is 9.67 Å². The molecule has 0 amide bonds. The first-order chi connectivity index (χ1) is 13.7. The van der Waals surface area contributed by atoms with Gasteiger partial charge in [0, 0.05) is 10.8 Å². The average Bonchev–Trinajstić information content (AvgIpc) is 3.46. The van der Waals surface area contributed by atoms with Gasteiger partial charge < -0.3 is 10.1 Å². The average molecular weight is 417 g/mol. The third-order valence-electron chi connectivity index (χ3n) is 4.92. The maximum atomic E-state index is 13.2. The first-order valence-corrected chi connectivity index (χ1v) is 10.5. The number of methoxy groups -OCH3 is 1. The number of para-hydroxylation sites is 1. The molecule has 0 bridgehead atoms.